The lowest BCUT2D eigenvalue weighted by Gasteiger charge is -2.39. The molecule has 2 aliphatic heterocycles. The number of carbonyl (C=O) groups excluding carboxylic acids is 1. The van der Waals surface area contributed by atoms with Crippen molar-refractivity contribution < 1.29 is 14.7 Å². The van der Waals surface area contributed by atoms with Crippen LogP contribution in [0.5, 0.6) is 0 Å². The van der Waals surface area contributed by atoms with Crippen LogP contribution in [0.3, 0.4) is 0 Å². The van der Waals surface area contributed by atoms with Gasteiger partial charge in [-0.25, -0.2) is 0 Å². The summed E-state index contributed by atoms with van der Waals surface area (Å²) in [5.41, 5.74) is 0. The van der Waals surface area contributed by atoms with Gasteiger partial charge in [0.2, 0.25) is 5.91 Å². The quantitative estimate of drug-likeness (QED) is 0.778. The van der Waals surface area contributed by atoms with Crippen molar-refractivity contribution in [2.24, 2.45) is 5.92 Å². The number of carbonyl (C=O) groups is 2. The second-order valence-electron chi connectivity index (χ2n) is 4.21. The first kappa shape index (κ1) is 10.8. The molecule has 1 N–H and O–H groups in total. The molecule has 1 unspecified atom stereocenters. The number of aliphatic carboxylic acids is 1. The van der Waals surface area contributed by atoms with Crippen molar-refractivity contribution in [2.45, 2.75) is 24.5 Å². The van der Waals surface area contributed by atoms with Crippen molar-refractivity contribution in [3.05, 3.63) is 0 Å². The molecule has 0 aromatic heterocycles. The molecule has 0 aromatic rings. The smallest absolute Gasteiger partial charge is 0.303 e. The lowest BCUT2D eigenvalue weighted by Crippen LogP contribution is -2.53. The minimum absolute atomic E-state index is 0.149. The van der Waals surface area contributed by atoms with Gasteiger partial charge >= 0.3 is 5.97 Å². The average molecular weight is 229 g/mol. The van der Waals surface area contributed by atoms with Gasteiger partial charge in [-0.2, -0.15) is 0 Å². The van der Waals surface area contributed by atoms with Crippen molar-refractivity contribution >= 4 is 23.6 Å². The van der Waals surface area contributed by atoms with Crippen LogP contribution >= 0.6 is 11.8 Å². The number of hydrogen-bond donors (Lipinski definition) is 1. The third kappa shape index (κ3) is 2.45. The largest absolute Gasteiger partial charge is 0.481 e. The number of likely N-dealkylation sites (tertiary alicyclic amines) is 1. The van der Waals surface area contributed by atoms with E-state index in [1.165, 1.54) is 0 Å². The van der Waals surface area contributed by atoms with E-state index in [4.69, 9.17) is 5.11 Å². The van der Waals surface area contributed by atoms with E-state index in [1.54, 1.807) is 16.7 Å². The van der Waals surface area contributed by atoms with Crippen LogP contribution in [-0.2, 0) is 9.59 Å². The molecule has 0 bridgehead atoms. The zero-order chi connectivity index (χ0) is 10.8. The van der Waals surface area contributed by atoms with Gasteiger partial charge in [0.05, 0.1) is 11.7 Å². The highest BCUT2D eigenvalue weighted by Crippen LogP contribution is 2.30. The second-order valence-corrected chi connectivity index (χ2v) is 5.52. The van der Waals surface area contributed by atoms with Gasteiger partial charge in [-0.1, -0.05) is 0 Å². The molecule has 2 aliphatic rings. The molecule has 4 nitrogen and oxygen atoms in total. The van der Waals surface area contributed by atoms with Gasteiger partial charge < -0.3 is 10.0 Å². The fourth-order valence-corrected chi connectivity index (χ4v) is 3.34. The highest BCUT2D eigenvalue weighted by molar-refractivity contribution is 8.00. The molecule has 2 saturated heterocycles. The summed E-state index contributed by atoms with van der Waals surface area (Å²) in [6, 6.07) is 0. The topological polar surface area (TPSA) is 57.6 Å². The minimum Gasteiger partial charge on any atom is -0.481 e. The Bertz CT molecular complexity index is 270. The van der Waals surface area contributed by atoms with Crippen LogP contribution in [0.15, 0.2) is 0 Å². The SMILES string of the molecule is O=C(O)CC1CN(C(=O)C2CCCS2)C1. The summed E-state index contributed by atoms with van der Waals surface area (Å²) in [6.45, 7) is 1.28. The van der Waals surface area contributed by atoms with Crippen LogP contribution in [-0.4, -0.2) is 46.0 Å². The van der Waals surface area contributed by atoms with E-state index in [1.807, 2.05) is 0 Å². The maximum Gasteiger partial charge on any atom is 0.303 e. The van der Waals surface area contributed by atoms with Crippen LogP contribution in [0.25, 0.3) is 0 Å². The zero-order valence-corrected chi connectivity index (χ0v) is 9.33. The number of carboxylic acid groups (broad SMARTS) is 1. The average Bonchev–Trinajstić information content (AvgIpc) is 2.61. The number of thioether (sulfide) groups is 1. The molecule has 84 valence electrons. The Kier molecular flexibility index (Phi) is 3.19. The molecule has 2 fully saturated rings. The van der Waals surface area contributed by atoms with E-state index in [2.05, 4.69) is 0 Å². The fraction of sp³-hybridized carbons (Fsp3) is 0.800. The lowest BCUT2D eigenvalue weighted by molar-refractivity contribution is -0.144. The molecule has 2 rings (SSSR count). The second kappa shape index (κ2) is 4.43. The molecule has 0 aliphatic carbocycles. The summed E-state index contributed by atoms with van der Waals surface area (Å²) in [7, 11) is 0. The Morgan fingerprint density at radius 3 is 2.67 bits per heavy atom. The van der Waals surface area contributed by atoms with Crippen molar-refractivity contribution in [1.82, 2.24) is 4.90 Å². The maximum atomic E-state index is 11.8. The maximum absolute atomic E-state index is 11.8. The Morgan fingerprint density at radius 1 is 1.40 bits per heavy atom. The van der Waals surface area contributed by atoms with Gasteiger partial charge in [0.1, 0.15) is 0 Å². The summed E-state index contributed by atoms with van der Waals surface area (Å²) in [5, 5.41) is 8.73. The van der Waals surface area contributed by atoms with E-state index < -0.39 is 5.97 Å². The van der Waals surface area contributed by atoms with E-state index in [0.717, 1.165) is 18.6 Å². The number of amides is 1. The van der Waals surface area contributed by atoms with Crippen LogP contribution in [0, 0.1) is 5.92 Å². The Morgan fingerprint density at radius 2 is 2.13 bits per heavy atom. The molecular weight excluding hydrogens is 214 g/mol. The van der Waals surface area contributed by atoms with Gasteiger partial charge in [0.25, 0.3) is 0 Å². The van der Waals surface area contributed by atoms with Crippen LogP contribution < -0.4 is 0 Å². The number of nitrogens with zero attached hydrogens (tertiary/aromatic N) is 1. The summed E-state index contributed by atoms with van der Waals surface area (Å²) in [5.74, 6) is 0.724. The van der Waals surface area contributed by atoms with Crippen molar-refractivity contribution in [3.63, 3.8) is 0 Å². The van der Waals surface area contributed by atoms with Crippen LogP contribution in [0.4, 0.5) is 0 Å². The molecule has 0 aromatic carbocycles. The summed E-state index contributed by atoms with van der Waals surface area (Å²) >= 11 is 1.74. The molecule has 0 saturated carbocycles. The van der Waals surface area contributed by atoms with Gasteiger partial charge in [0.15, 0.2) is 0 Å². The van der Waals surface area contributed by atoms with Crippen molar-refractivity contribution in [2.75, 3.05) is 18.8 Å². The highest BCUT2D eigenvalue weighted by atomic mass is 32.2. The summed E-state index contributed by atoms with van der Waals surface area (Å²) in [6.07, 6.45) is 2.32. The van der Waals surface area contributed by atoms with Crippen LogP contribution in [0.2, 0.25) is 0 Å². The Labute approximate surface area is 93.0 Å². The van der Waals surface area contributed by atoms with Crippen molar-refractivity contribution in [1.29, 1.82) is 0 Å². The summed E-state index contributed by atoms with van der Waals surface area (Å²) < 4.78 is 0. The van der Waals surface area contributed by atoms with Crippen LogP contribution in [0.1, 0.15) is 19.3 Å². The highest BCUT2D eigenvalue weighted by Gasteiger charge is 2.36. The first-order valence-electron chi connectivity index (χ1n) is 5.29. The molecule has 2 heterocycles. The van der Waals surface area contributed by atoms with E-state index in [0.29, 0.717) is 13.1 Å². The van der Waals surface area contributed by atoms with Gasteiger partial charge in [-0.05, 0) is 18.6 Å². The minimum atomic E-state index is -0.762. The number of carboxylic acids is 1. The lowest BCUT2D eigenvalue weighted by atomic mass is 9.96. The normalized spacial score (nSPS) is 26.4. The van der Waals surface area contributed by atoms with Gasteiger partial charge in [0, 0.05) is 19.0 Å². The predicted octanol–water partition coefficient (Wildman–Crippen LogP) is 0.815. The van der Waals surface area contributed by atoms with E-state index in [-0.39, 0.29) is 23.5 Å². The zero-order valence-electron chi connectivity index (χ0n) is 8.52. The number of hydrogen-bond acceptors (Lipinski definition) is 3. The molecule has 15 heavy (non-hydrogen) atoms. The standard InChI is InChI=1S/C10H15NO3S/c12-9(13)4-7-5-11(6-7)10(14)8-2-1-3-15-8/h7-8H,1-6H2,(H,12,13). The molecule has 5 heteroatoms. The first-order valence-corrected chi connectivity index (χ1v) is 6.34. The van der Waals surface area contributed by atoms with Gasteiger partial charge in [-0.15, -0.1) is 11.8 Å². The van der Waals surface area contributed by atoms with E-state index >= 15 is 0 Å². The summed E-state index contributed by atoms with van der Waals surface area (Å²) in [4.78, 5) is 24.0. The Hall–Kier alpha value is -0.710. The third-order valence-corrected chi connectivity index (χ3v) is 4.30. The third-order valence-electron chi connectivity index (χ3n) is 2.94. The molecule has 0 radical (unpaired) electrons. The van der Waals surface area contributed by atoms with Gasteiger partial charge in [-0.3, -0.25) is 9.59 Å². The van der Waals surface area contributed by atoms with Crippen molar-refractivity contribution in [3.8, 4) is 0 Å². The monoisotopic (exact) mass is 229 g/mol. The predicted molar refractivity (Wildman–Crippen MR) is 57.8 cm³/mol. The fourth-order valence-electron chi connectivity index (χ4n) is 2.10. The molecular formula is C10H15NO3S. The van der Waals surface area contributed by atoms with E-state index in [9.17, 15) is 9.59 Å². The Balaban J connectivity index is 1.74. The molecule has 1 amide bonds. The molecule has 0 spiro atoms. The number of rotatable bonds is 3. The molecule has 1 atom stereocenters. The first-order chi connectivity index (χ1) is 7.16.